The van der Waals surface area contributed by atoms with Crippen LogP contribution in [0.2, 0.25) is 5.02 Å². The molecule has 1 heterocycles. The van der Waals surface area contributed by atoms with Crippen molar-refractivity contribution in [2.45, 2.75) is 32.1 Å². The fraction of sp³-hybridized carbons (Fsp3) is 0.400. The summed E-state index contributed by atoms with van der Waals surface area (Å²) >= 11 is 6.18. The van der Waals surface area contributed by atoms with E-state index in [1.165, 1.54) is 18.9 Å². The summed E-state index contributed by atoms with van der Waals surface area (Å²) in [4.78, 5) is 4.55. The zero-order valence-corrected chi connectivity index (χ0v) is 11.6. The van der Waals surface area contributed by atoms with Crippen LogP contribution in [0.4, 0.5) is 10.1 Å². The second-order valence-corrected chi connectivity index (χ2v) is 5.46. The van der Waals surface area contributed by atoms with Crippen molar-refractivity contribution in [2.24, 2.45) is 0 Å². The molecule has 1 aromatic carbocycles. The number of hydrogen-bond donors (Lipinski definition) is 1. The van der Waals surface area contributed by atoms with Gasteiger partial charge in [0.05, 0.1) is 15.9 Å². The van der Waals surface area contributed by atoms with Gasteiger partial charge in [-0.05, 0) is 37.5 Å². The van der Waals surface area contributed by atoms with Gasteiger partial charge in [0.1, 0.15) is 5.82 Å². The van der Waals surface area contributed by atoms with E-state index < -0.39 is 0 Å². The summed E-state index contributed by atoms with van der Waals surface area (Å²) in [6, 6.07) is 4.96. The monoisotopic (exact) mass is 278 g/mol. The lowest BCUT2D eigenvalue weighted by Gasteiger charge is -2.12. The standard InChI is InChI=1S/C15H16ClFN2/c1-2-7-18-13-8-12(9-3-4-9)19-15-10(16)5-6-11(17)14(13)15/h5-6,8-9H,2-4,7H2,1H3,(H,18,19). The van der Waals surface area contributed by atoms with Crippen molar-refractivity contribution >= 4 is 28.2 Å². The molecule has 0 aliphatic heterocycles. The average Bonchev–Trinajstić information content (AvgIpc) is 3.24. The minimum Gasteiger partial charge on any atom is -0.384 e. The maximum atomic E-state index is 14.1. The van der Waals surface area contributed by atoms with Gasteiger partial charge >= 0.3 is 0 Å². The lowest BCUT2D eigenvalue weighted by atomic mass is 10.1. The molecular formula is C15H16ClFN2. The summed E-state index contributed by atoms with van der Waals surface area (Å²) < 4.78 is 14.1. The molecule has 2 nitrogen and oxygen atoms in total. The number of benzene rings is 1. The van der Waals surface area contributed by atoms with Crippen LogP contribution in [0.15, 0.2) is 18.2 Å². The van der Waals surface area contributed by atoms with Crippen LogP contribution >= 0.6 is 11.6 Å². The van der Waals surface area contributed by atoms with Gasteiger partial charge in [0.25, 0.3) is 0 Å². The van der Waals surface area contributed by atoms with Crippen molar-refractivity contribution in [3.8, 4) is 0 Å². The van der Waals surface area contributed by atoms with E-state index in [1.54, 1.807) is 6.07 Å². The fourth-order valence-corrected chi connectivity index (χ4v) is 2.48. The van der Waals surface area contributed by atoms with Gasteiger partial charge < -0.3 is 5.32 Å². The minimum atomic E-state index is -0.271. The van der Waals surface area contributed by atoms with Gasteiger partial charge in [0, 0.05) is 23.8 Å². The Morgan fingerprint density at radius 3 is 2.89 bits per heavy atom. The molecule has 1 saturated carbocycles. The molecule has 19 heavy (non-hydrogen) atoms. The maximum Gasteiger partial charge on any atom is 0.134 e. The molecule has 2 aromatic rings. The number of anilines is 1. The Balaban J connectivity index is 2.20. The number of pyridine rings is 1. The summed E-state index contributed by atoms with van der Waals surface area (Å²) in [5.41, 5.74) is 2.41. The Morgan fingerprint density at radius 2 is 2.21 bits per heavy atom. The maximum absolute atomic E-state index is 14.1. The molecule has 1 aliphatic rings. The third kappa shape index (κ3) is 2.39. The molecule has 3 rings (SSSR count). The predicted octanol–water partition coefficient (Wildman–Crippen LogP) is 4.73. The van der Waals surface area contributed by atoms with Crippen molar-refractivity contribution in [1.82, 2.24) is 4.98 Å². The van der Waals surface area contributed by atoms with Crippen LogP contribution < -0.4 is 5.32 Å². The van der Waals surface area contributed by atoms with E-state index in [0.29, 0.717) is 21.8 Å². The summed E-state index contributed by atoms with van der Waals surface area (Å²) in [5, 5.41) is 4.31. The number of rotatable bonds is 4. The second-order valence-electron chi connectivity index (χ2n) is 5.05. The molecule has 1 aromatic heterocycles. The van der Waals surface area contributed by atoms with Gasteiger partial charge in [-0.2, -0.15) is 0 Å². The average molecular weight is 279 g/mol. The Labute approximate surface area is 117 Å². The molecule has 0 bridgehead atoms. The van der Waals surface area contributed by atoms with Crippen LogP contribution in [0, 0.1) is 5.82 Å². The Kier molecular flexibility index (Phi) is 3.31. The molecule has 0 radical (unpaired) electrons. The first-order valence-corrected chi connectivity index (χ1v) is 7.11. The highest BCUT2D eigenvalue weighted by molar-refractivity contribution is 6.35. The molecule has 0 atom stereocenters. The predicted molar refractivity (Wildman–Crippen MR) is 77.5 cm³/mol. The summed E-state index contributed by atoms with van der Waals surface area (Å²) in [6.45, 7) is 2.90. The highest BCUT2D eigenvalue weighted by Gasteiger charge is 2.26. The molecule has 0 amide bonds. The van der Waals surface area contributed by atoms with Gasteiger partial charge in [-0.3, -0.25) is 4.98 Å². The van der Waals surface area contributed by atoms with Crippen LogP contribution in [-0.2, 0) is 0 Å². The highest BCUT2D eigenvalue weighted by Crippen LogP contribution is 2.42. The molecule has 0 unspecified atom stereocenters. The third-order valence-electron chi connectivity index (χ3n) is 3.44. The van der Waals surface area contributed by atoms with Gasteiger partial charge in [-0.1, -0.05) is 18.5 Å². The van der Waals surface area contributed by atoms with Crippen LogP contribution in [0.3, 0.4) is 0 Å². The quantitative estimate of drug-likeness (QED) is 0.875. The van der Waals surface area contributed by atoms with Crippen LogP contribution in [0.5, 0.6) is 0 Å². The fourth-order valence-electron chi connectivity index (χ4n) is 2.28. The number of fused-ring (bicyclic) bond motifs is 1. The molecule has 1 fully saturated rings. The molecule has 100 valence electrons. The third-order valence-corrected chi connectivity index (χ3v) is 3.75. The lowest BCUT2D eigenvalue weighted by Crippen LogP contribution is -2.03. The zero-order chi connectivity index (χ0) is 13.4. The van der Waals surface area contributed by atoms with Crippen LogP contribution in [0.1, 0.15) is 37.8 Å². The topological polar surface area (TPSA) is 24.9 Å². The van der Waals surface area contributed by atoms with Gasteiger partial charge in [0.15, 0.2) is 0 Å². The largest absolute Gasteiger partial charge is 0.384 e. The smallest absolute Gasteiger partial charge is 0.134 e. The minimum absolute atomic E-state index is 0.271. The first-order valence-electron chi connectivity index (χ1n) is 6.73. The number of hydrogen-bond acceptors (Lipinski definition) is 2. The SMILES string of the molecule is CCCNc1cc(C2CC2)nc2c(Cl)ccc(F)c12. The van der Waals surface area contributed by atoms with E-state index >= 15 is 0 Å². The number of halogens is 2. The summed E-state index contributed by atoms with van der Waals surface area (Å²) in [7, 11) is 0. The van der Waals surface area contributed by atoms with E-state index in [-0.39, 0.29) is 5.82 Å². The Morgan fingerprint density at radius 1 is 1.42 bits per heavy atom. The molecule has 4 heteroatoms. The second kappa shape index (κ2) is 4.97. The number of aromatic nitrogens is 1. The normalized spacial score (nSPS) is 14.9. The molecule has 1 aliphatic carbocycles. The van der Waals surface area contributed by atoms with Gasteiger partial charge in [0.2, 0.25) is 0 Å². The van der Waals surface area contributed by atoms with Crippen molar-refractivity contribution in [3.05, 3.63) is 34.7 Å². The lowest BCUT2D eigenvalue weighted by molar-refractivity contribution is 0.639. The molecular weight excluding hydrogens is 263 g/mol. The van der Waals surface area contributed by atoms with Crippen molar-refractivity contribution in [3.63, 3.8) is 0 Å². The summed E-state index contributed by atoms with van der Waals surface area (Å²) in [6.07, 6.45) is 3.32. The van der Waals surface area contributed by atoms with Crippen LogP contribution in [-0.4, -0.2) is 11.5 Å². The van der Waals surface area contributed by atoms with Crippen molar-refractivity contribution < 1.29 is 4.39 Å². The molecule has 0 saturated heterocycles. The Bertz CT molecular complexity index is 623. The first kappa shape index (κ1) is 12.7. The van der Waals surface area contributed by atoms with Gasteiger partial charge in [-0.25, -0.2) is 4.39 Å². The Hall–Kier alpha value is -1.35. The first-order chi connectivity index (χ1) is 9.20. The van der Waals surface area contributed by atoms with E-state index in [2.05, 4.69) is 17.2 Å². The summed E-state index contributed by atoms with van der Waals surface area (Å²) in [5.74, 6) is 0.249. The van der Waals surface area contributed by atoms with Crippen molar-refractivity contribution in [1.29, 1.82) is 0 Å². The van der Waals surface area contributed by atoms with Crippen LogP contribution in [0.25, 0.3) is 10.9 Å². The zero-order valence-electron chi connectivity index (χ0n) is 10.8. The van der Waals surface area contributed by atoms with E-state index in [9.17, 15) is 4.39 Å². The number of nitrogens with zero attached hydrogens (tertiary/aromatic N) is 1. The van der Waals surface area contributed by atoms with E-state index in [1.807, 2.05) is 6.07 Å². The molecule has 0 spiro atoms. The van der Waals surface area contributed by atoms with Crippen molar-refractivity contribution in [2.75, 3.05) is 11.9 Å². The van der Waals surface area contributed by atoms with E-state index in [0.717, 1.165) is 24.3 Å². The van der Waals surface area contributed by atoms with E-state index in [4.69, 9.17) is 11.6 Å². The molecule has 1 N–H and O–H groups in total. The van der Waals surface area contributed by atoms with Gasteiger partial charge in [-0.15, -0.1) is 0 Å². The number of nitrogens with one attached hydrogen (secondary N) is 1. The highest BCUT2D eigenvalue weighted by atomic mass is 35.5.